The molecule has 5 aromatic heterocycles. The first kappa shape index (κ1) is 19.1. The molecule has 2 aromatic carbocycles. The van der Waals surface area contributed by atoms with Crippen molar-refractivity contribution in [2.24, 2.45) is 0 Å². The van der Waals surface area contributed by atoms with Crippen molar-refractivity contribution in [3.8, 4) is 28.5 Å². The lowest BCUT2D eigenvalue weighted by Gasteiger charge is -2.11. The summed E-state index contributed by atoms with van der Waals surface area (Å²) in [6.07, 6.45) is 7.51. The summed E-state index contributed by atoms with van der Waals surface area (Å²) in [7, 11) is 0. The highest BCUT2D eigenvalue weighted by Gasteiger charge is 2.20. The van der Waals surface area contributed by atoms with Crippen LogP contribution in [0.15, 0.2) is 104 Å². The zero-order valence-electron chi connectivity index (χ0n) is 18.0. The molecule has 0 bridgehead atoms. The molecule has 0 aliphatic heterocycles. The quantitative estimate of drug-likeness (QED) is 0.290. The Hall–Kier alpha value is -4.42. The third-order valence-electron chi connectivity index (χ3n) is 6.02. The van der Waals surface area contributed by atoms with E-state index in [4.69, 9.17) is 9.97 Å². The maximum atomic E-state index is 5.07. The van der Waals surface area contributed by atoms with Crippen LogP contribution in [0.2, 0.25) is 0 Å². The number of benzene rings is 2. The number of fused-ring (bicyclic) bond motifs is 5. The highest BCUT2D eigenvalue weighted by molar-refractivity contribution is 7.26. The second-order valence-corrected chi connectivity index (χ2v) is 9.10. The van der Waals surface area contributed by atoms with E-state index in [1.165, 1.54) is 9.40 Å². The number of thiophene rings is 1. The SMILES string of the molecule is c1ccc(-c2cc(-c3ccccc3)nc(-n3c4ccncc4c4sc5ccncc5c43)n2)cc1. The number of nitrogens with zero attached hydrogens (tertiary/aromatic N) is 5. The second kappa shape index (κ2) is 7.57. The molecule has 5 nitrogen and oxygen atoms in total. The Morgan fingerprint density at radius 2 is 1.26 bits per heavy atom. The Bertz CT molecular complexity index is 1740. The summed E-state index contributed by atoms with van der Waals surface area (Å²) in [6.45, 7) is 0. The van der Waals surface area contributed by atoms with Gasteiger partial charge in [0.05, 0.1) is 27.1 Å². The second-order valence-electron chi connectivity index (χ2n) is 8.05. The average molecular weight is 456 g/mol. The molecular formula is C28H17N5S. The van der Waals surface area contributed by atoms with Gasteiger partial charge in [-0.3, -0.25) is 14.5 Å². The lowest BCUT2D eigenvalue weighted by molar-refractivity contribution is 0.997. The van der Waals surface area contributed by atoms with Gasteiger partial charge in [-0.1, -0.05) is 60.7 Å². The van der Waals surface area contributed by atoms with E-state index >= 15 is 0 Å². The maximum absolute atomic E-state index is 5.07. The third kappa shape index (κ3) is 2.93. The number of rotatable bonds is 3. The first-order valence-electron chi connectivity index (χ1n) is 11.0. The summed E-state index contributed by atoms with van der Waals surface area (Å²) < 4.78 is 4.51. The Morgan fingerprint density at radius 3 is 1.94 bits per heavy atom. The molecule has 7 aromatic rings. The maximum Gasteiger partial charge on any atom is 0.235 e. The van der Waals surface area contributed by atoms with Crippen molar-refractivity contribution in [3.05, 3.63) is 104 Å². The topological polar surface area (TPSA) is 56.5 Å². The number of aromatic nitrogens is 5. The lowest BCUT2D eigenvalue weighted by atomic mass is 10.1. The van der Waals surface area contributed by atoms with Gasteiger partial charge in [-0.25, -0.2) is 9.97 Å². The Kier molecular flexibility index (Phi) is 4.25. The molecule has 160 valence electrons. The van der Waals surface area contributed by atoms with Crippen molar-refractivity contribution in [1.82, 2.24) is 24.5 Å². The molecule has 7 rings (SSSR count). The van der Waals surface area contributed by atoms with E-state index in [-0.39, 0.29) is 0 Å². The van der Waals surface area contributed by atoms with Crippen LogP contribution in [0.5, 0.6) is 0 Å². The molecule has 0 aliphatic rings. The standard InChI is InChI=1S/C28H17N5S/c1-3-7-18(8-4-1)22-15-23(19-9-5-2-6-10-19)32-28(31-22)33-24-11-13-29-16-20(24)27-26(33)21-17-30-14-12-25(21)34-27/h1-17H. The fraction of sp³-hybridized carbons (Fsp3) is 0. The molecule has 34 heavy (non-hydrogen) atoms. The van der Waals surface area contributed by atoms with Crippen molar-refractivity contribution in [3.63, 3.8) is 0 Å². The van der Waals surface area contributed by atoms with Gasteiger partial charge < -0.3 is 0 Å². The van der Waals surface area contributed by atoms with Crippen LogP contribution in [0.3, 0.4) is 0 Å². The van der Waals surface area contributed by atoms with Crippen LogP contribution in [0.25, 0.3) is 59.7 Å². The largest absolute Gasteiger partial charge is 0.276 e. The highest BCUT2D eigenvalue weighted by atomic mass is 32.1. The monoisotopic (exact) mass is 455 g/mol. The molecular weight excluding hydrogens is 438 g/mol. The van der Waals surface area contributed by atoms with Gasteiger partial charge in [-0.15, -0.1) is 11.3 Å². The zero-order chi connectivity index (χ0) is 22.5. The fourth-order valence-corrected chi connectivity index (χ4v) is 5.64. The molecule has 5 heterocycles. The van der Waals surface area contributed by atoms with Crippen molar-refractivity contribution >= 4 is 42.5 Å². The first-order valence-corrected chi connectivity index (χ1v) is 11.8. The summed E-state index contributed by atoms with van der Waals surface area (Å²) in [5.74, 6) is 0.634. The van der Waals surface area contributed by atoms with Gasteiger partial charge in [0.2, 0.25) is 5.95 Å². The minimum Gasteiger partial charge on any atom is -0.276 e. The van der Waals surface area contributed by atoms with Gasteiger partial charge in [0.1, 0.15) is 0 Å². The summed E-state index contributed by atoms with van der Waals surface area (Å²) in [5.41, 5.74) is 5.97. The number of pyridine rings is 2. The first-order chi connectivity index (χ1) is 16.9. The molecule has 0 atom stereocenters. The van der Waals surface area contributed by atoms with E-state index in [9.17, 15) is 0 Å². The van der Waals surface area contributed by atoms with Crippen LogP contribution >= 0.6 is 11.3 Å². The van der Waals surface area contributed by atoms with Gasteiger partial charge in [-0.05, 0) is 18.2 Å². The van der Waals surface area contributed by atoms with E-state index in [0.717, 1.165) is 44.3 Å². The van der Waals surface area contributed by atoms with Crippen molar-refractivity contribution < 1.29 is 0 Å². The minimum absolute atomic E-state index is 0.634. The fourth-order valence-electron chi connectivity index (χ4n) is 4.47. The predicted octanol–water partition coefficient (Wildman–Crippen LogP) is 6.91. The zero-order valence-corrected chi connectivity index (χ0v) is 18.8. The smallest absolute Gasteiger partial charge is 0.235 e. The molecule has 0 spiro atoms. The van der Waals surface area contributed by atoms with Crippen LogP contribution in [0.1, 0.15) is 0 Å². The highest BCUT2D eigenvalue weighted by Crippen LogP contribution is 2.41. The van der Waals surface area contributed by atoms with E-state index < -0.39 is 0 Å². The molecule has 6 heteroatoms. The molecule has 0 saturated heterocycles. The normalized spacial score (nSPS) is 11.5. The Balaban J connectivity index is 1.61. The minimum atomic E-state index is 0.634. The van der Waals surface area contributed by atoms with Crippen molar-refractivity contribution in [2.45, 2.75) is 0 Å². The molecule has 0 saturated carbocycles. The van der Waals surface area contributed by atoms with Crippen molar-refractivity contribution in [1.29, 1.82) is 0 Å². The summed E-state index contributed by atoms with van der Waals surface area (Å²) in [4.78, 5) is 19.0. The van der Waals surface area contributed by atoms with Crippen LogP contribution < -0.4 is 0 Å². The van der Waals surface area contributed by atoms with Crippen LogP contribution in [0, 0.1) is 0 Å². The lowest BCUT2D eigenvalue weighted by Crippen LogP contribution is -2.04. The number of hydrogen-bond donors (Lipinski definition) is 0. The van der Waals surface area contributed by atoms with E-state index in [1.807, 2.05) is 67.3 Å². The van der Waals surface area contributed by atoms with Gasteiger partial charge >= 0.3 is 0 Å². The van der Waals surface area contributed by atoms with Crippen LogP contribution in [-0.2, 0) is 0 Å². The van der Waals surface area contributed by atoms with Crippen LogP contribution in [-0.4, -0.2) is 24.5 Å². The van der Waals surface area contributed by atoms with Crippen molar-refractivity contribution in [2.75, 3.05) is 0 Å². The Labute approximate surface area is 199 Å². The molecule has 0 amide bonds. The van der Waals surface area contributed by atoms with Crippen LogP contribution in [0.4, 0.5) is 0 Å². The molecule has 0 radical (unpaired) electrons. The van der Waals surface area contributed by atoms with E-state index in [1.54, 1.807) is 11.3 Å². The van der Waals surface area contributed by atoms with Gasteiger partial charge in [0, 0.05) is 51.4 Å². The predicted molar refractivity (Wildman–Crippen MR) is 138 cm³/mol. The third-order valence-corrected chi connectivity index (χ3v) is 7.22. The average Bonchev–Trinajstić information content (AvgIpc) is 3.44. The van der Waals surface area contributed by atoms with Gasteiger partial charge in [0.25, 0.3) is 0 Å². The molecule has 0 aliphatic carbocycles. The summed E-state index contributed by atoms with van der Waals surface area (Å²) in [6, 6.07) is 26.7. The summed E-state index contributed by atoms with van der Waals surface area (Å²) in [5, 5.41) is 2.18. The molecule has 0 fully saturated rings. The molecule has 0 N–H and O–H groups in total. The number of hydrogen-bond acceptors (Lipinski definition) is 5. The molecule has 0 unspecified atom stereocenters. The van der Waals surface area contributed by atoms with E-state index in [0.29, 0.717) is 5.95 Å². The summed E-state index contributed by atoms with van der Waals surface area (Å²) >= 11 is 1.75. The Morgan fingerprint density at radius 1 is 0.647 bits per heavy atom. The van der Waals surface area contributed by atoms with Gasteiger partial charge in [0.15, 0.2) is 0 Å². The van der Waals surface area contributed by atoms with E-state index in [2.05, 4.69) is 50.9 Å². The van der Waals surface area contributed by atoms with Gasteiger partial charge in [-0.2, -0.15) is 0 Å².